The SMILES string of the molecule is CCCCC[C@]1(n2cc(F)c(N)nc2=O)C=C[C@@H](CO)O1. The molecular formula is C14H20FN3O3. The van der Waals surface area contributed by atoms with E-state index < -0.39 is 29.2 Å². The van der Waals surface area contributed by atoms with E-state index in [2.05, 4.69) is 11.9 Å². The fraction of sp³-hybridized carbons (Fsp3) is 0.571. The van der Waals surface area contributed by atoms with Crippen molar-refractivity contribution in [3.8, 4) is 0 Å². The lowest BCUT2D eigenvalue weighted by molar-refractivity contribution is -0.102. The van der Waals surface area contributed by atoms with Crippen molar-refractivity contribution in [2.24, 2.45) is 0 Å². The van der Waals surface area contributed by atoms with Gasteiger partial charge in [0, 0.05) is 0 Å². The summed E-state index contributed by atoms with van der Waals surface area (Å²) in [6.45, 7) is 1.86. The summed E-state index contributed by atoms with van der Waals surface area (Å²) in [5.74, 6) is -1.20. The van der Waals surface area contributed by atoms with Crippen molar-refractivity contribution in [2.45, 2.75) is 44.4 Å². The molecule has 0 amide bonds. The molecule has 0 fully saturated rings. The summed E-state index contributed by atoms with van der Waals surface area (Å²) in [5.41, 5.74) is 3.53. The Balaban J connectivity index is 2.39. The van der Waals surface area contributed by atoms with Crippen molar-refractivity contribution in [1.29, 1.82) is 0 Å². The molecule has 2 rings (SSSR count). The second-order valence-corrected chi connectivity index (χ2v) is 5.13. The molecule has 1 aromatic rings. The van der Waals surface area contributed by atoms with Gasteiger partial charge in [-0.05, 0) is 18.9 Å². The number of halogens is 1. The molecular weight excluding hydrogens is 277 g/mol. The first-order valence-corrected chi connectivity index (χ1v) is 7.05. The summed E-state index contributed by atoms with van der Waals surface area (Å²) >= 11 is 0. The Morgan fingerprint density at radius 1 is 1.57 bits per heavy atom. The summed E-state index contributed by atoms with van der Waals surface area (Å²) in [6.07, 6.45) is 7.12. The van der Waals surface area contributed by atoms with Crippen LogP contribution >= 0.6 is 0 Å². The summed E-state index contributed by atoms with van der Waals surface area (Å²) in [6, 6.07) is 0. The van der Waals surface area contributed by atoms with Crippen LogP contribution in [-0.4, -0.2) is 27.4 Å². The van der Waals surface area contributed by atoms with Crippen LogP contribution in [0.25, 0.3) is 0 Å². The summed E-state index contributed by atoms with van der Waals surface area (Å²) in [4.78, 5) is 15.5. The lowest BCUT2D eigenvalue weighted by Gasteiger charge is -2.30. The number of aliphatic hydroxyl groups excluding tert-OH is 1. The maximum Gasteiger partial charge on any atom is 0.352 e. The number of nitrogen functional groups attached to an aromatic ring is 1. The van der Waals surface area contributed by atoms with Gasteiger partial charge in [0.2, 0.25) is 0 Å². The molecule has 21 heavy (non-hydrogen) atoms. The highest BCUT2D eigenvalue weighted by Crippen LogP contribution is 2.33. The van der Waals surface area contributed by atoms with Crippen molar-refractivity contribution >= 4 is 5.82 Å². The number of aromatic nitrogens is 2. The molecule has 0 unspecified atom stereocenters. The molecule has 0 aliphatic carbocycles. The third-order valence-electron chi connectivity index (χ3n) is 3.56. The predicted octanol–water partition coefficient (Wildman–Crippen LogP) is 1.14. The van der Waals surface area contributed by atoms with Crippen LogP contribution in [-0.2, 0) is 10.5 Å². The minimum Gasteiger partial charge on any atom is -0.393 e. The second-order valence-electron chi connectivity index (χ2n) is 5.13. The van der Waals surface area contributed by atoms with Crippen LogP contribution in [0.15, 0.2) is 23.1 Å². The van der Waals surface area contributed by atoms with Crippen LogP contribution in [0.4, 0.5) is 10.2 Å². The maximum absolute atomic E-state index is 13.7. The Kier molecular flexibility index (Phi) is 4.74. The summed E-state index contributed by atoms with van der Waals surface area (Å²) in [5, 5.41) is 9.21. The van der Waals surface area contributed by atoms with Crippen LogP contribution < -0.4 is 11.4 Å². The van der Waals surface area contributed by atoms with E-state index in [4.69, 9.17) is 10.5 Å². The topological polar surface area (TPSA) is 90.4 Å². The first-order valence-electron chi connectivity index (χ1n) is 7.05. The highest BCUT2D eigenvalue weighted by Gasteiger charge is 2.38. The number of ether oxygens (including phenoxy) is 1. The molecule has 6 nitrogen and oxygen atoms in total. The smallest absolute Gasteiger partial charge is 0.352 e. The van der Waals surface area contributed by atoms with Gasteiger partial charge in [-0.1, -0.05) is 25.8 Å². The third kappa shape index (κ3) is 3.14. The van der Waals surface area contributed by atoms with Crippen molar-refractivity contribution in [3.63, 3.8) is 0 Å². The van der Waals surface area contributed by atoms with Gasteiger partial charge in [0.15, 0.2) is 17.4 Å². The van der Waals surface area contributed by atoms with Crippen LogP contribution in [0.5, 0.6) is 0 Å². The average molecular weight is 297 g/mol. The fourth-order valence-electron chi connectivity index (χ4n) is 2.44. The standard InChI is InChI=1S/C14H20FN3O3/c1-2-3-4-6-14(7-5-10(9-19)21-14)18-8-11(15)12(16)17-13(18)20/h5,7-8,10,19H,2-4,6,9H2,1H3,(H2,16,17,20)/t10-,14+/m0/s1. The van der Waals surface area contributed by atoms with Gasteiger partial charge in [-0.25, -0.2) is 9.18 Å². The molecule has 1 aromatic heterocycles. The highest BCUT2D eigenvalue weighted by molar-refractivity contribution is 5.27. The predicted molar refractivity (Wildman–Crippen MR) is 76.1 cm³/mol. The van der Waals surface area contributed by atoms with Gasteiger partial charge < -0.3 is 15.6 Å². The van der Waals surface area contributed by atoms with Crippen molar-refractivity contribution in [2.75, 3.05) is 12.3 Å². The maximum atomic E-state index is 13.7. The van der Waals surface area contributed by atoms with E-state index in [-0.39, 0.29) is 6.61 Å². The number of hydrogen-bond acceptors (Lipinski definition) is 5. The third-order valence-corrected chi connectivity index (χ3v) is 3.56. The zero-order valence-electron chi connectivity index (χ0n) is 12.0. The van der Waals surface area contributed by atoms with E-state index in [1.807, 2.05) is 0 Å². The van der Waals surface area contributed by atoms with Crippen LogP contribution in [0, 0.1) is 5.82 Å². The van der Waals surface area contributed by atoms with Gasteiger partial charge in [0.25, 0.3) is 0 Å². The summed E-state index contributed by atoms with van der Waals surface area (Å²) in [7, 11) is 0. The van der Waals surface area contributed by atoms with Gasteiger partial charge in [0.1, 0.15) is 6.10 Å². The normalized spacial score (nSPS) is 24.6. The molecule has 2 atom stereocenters. The minimum absolute atomic E-state index is 0.203. The monoisotopic (exact) mass is 297 g/mol. The number of unbranched alkanes of at least 4 members (excludes halogenated alkanes) is 2. The van der Waals surface area contributed by atoms with Crippen molar-refractivity contribution in [1.82, 2.24) is 9.55 Å². The van der Waals surface area contributed by atoms with Crippen molar-refractivity contribution < 1.29 is 14.2 Å². The Bertz CT molecular complexity index is 587. The molecule has 0 bridgehead atoms. The first-order chi connectivity index (χ1) is 10.0. The zero-order valence-corrected chi connectivity index (χ0v) is 12.0. The van der Waals surface area contributed by atoms with E-state index in [1.54, 1.807) is 12.2 Å². The van der Waals surface area contributed by atoms with E-state index in [0.717, 1.165) is 30.0 Å². The highest BCUT2D eigenvalue weighted by atomic mass is 19.1. The van der Waals surface area contributed by atoms with Crippen LogP contribution in [0.3, 0.4) is 0 Å². The van der Waals surface area contributed by atoms with Gasteiger partial charge >= 0.3 is 5.69 Å². The van der Waals surface area contributed by atoms with Gasteiger partial charge in [0.05, 0.1) is 12.8 Å². The van der Waals surface area contributed by atoms with E-state index >= 15 is 0 Å². The molecule has 3 N–H and O–H groups in total. The zero-order chi connectivity index (χ0) is 15.5. The molecule has 0 spiro atoms. The Morgan fingerprint density at radius 3 is 2.95 bits per heavy atom. The number of nitrogens with zero attached hydrogens (tertiary/aromatic N) is 2. The second kappa shape index (κ2) is 6.36. The van der Waals surface area contributed by atoms with Crippen LogP contribution in [0.1, 0.15) is 32.6 Å². The number of nitrogens with two attached hydrogens (primary N) is 1. The lowest BCUT2D eigenvalue weighted by atomic mass is 10.0. The number of anilines is 1. The first kappa shape index (κ1) is 15.7. The number of hydrogen-bond donors (Lipinski definition) is 2. The van der Waals surface area contributed by atoms with Crippen molar-refractivity contribution in [3.05, 3.63) is 34.7 Å². The van der Waals surface area contributed by atoms with Gasteiger partial charge in [-0.2, -0.15) is 4.98 Å². The molecule has 0 saturated carbocycles. The molecule has 116 valence electrons. The molecule has 1 aliphatic rings. The molecule has 0 radical (unpaired) electrons. The van der Waals surface area contributed by atoms with Gasteiger partial charge in [-0.15, -0.1) is 0 Å². The quantitative estimate of drug-likeness (QED) is 0.607. The molecule has 0 saturated heterocycles. The Morgan fingerprint density at radius 2 is 2.33 bits per heavy atom. The minimum atomic E-state index is -1.11. The largest absolute Gasteiger partial charge is 0.393 e. The molecule has 2 heterocycles. The van der Waals surface area contributed by atoms with Crippen LogP contribution in [0.2, 0.25) is 0 Å². The number of aliphatic hydroxyl groups is 1. The Hall–Kier alpha value is -1.73. The van der Waals surface area contributed by atoms with E-state index in [0.29, 0.717) is 6.42 Å². The molecule has 0 aromatic carbocycles. The Labute approximate surface area is 122 Å². The lowest BCUT2D eigenvalue weighted by Crippen LogP contribution is -2.43. The van der Waals surface area contributed by atoms with E-state index in [1.165, 1.54) is 0 Å². The fourth-order valence-corrected chi connectivity index (χ4v) is 2.44. The summed E-state index contributed by atoms with van der Waals surface area (Å²) < 4.78 is 20.5. The van der Waals surface area contributed by atoms with E-state index in [9.17, 15) is 14.3 Å². The van der Waals surface area contributed by atoms with Gasteiger partial charge in [-0.3, -0.25) is 4.57 Å². The molecule has 1 aliphatic heterocycles. The molecule has 7 heteroatoms. The number of rotatable bonds is 6. The average Bonchev–Trinajstić information content (AvgIpc) is 2.88.